The molecular weight excluding hydrogens is 232 g/mol. The Morgan fingerprint density at radius 3 is 2.44 bits per heavy atom. The van der Waals surface area contributed by atoms with Gasteiger partial charge in [0.25, 0.3) is 0 Å². The van der Waals surface area contributed by atoms with Gasteiger partial charge in [-0.15, -0.1) is 0 Å². The van der Waals surface area contributed by atoms with E-state index in [2.05, 4.69) is 10.1 Å². The zero-order valence-electron chi connectivity index (χ0n) is 10.6. The Kier molecular flexibility index (Phi) is 5.32. The van der Waals surface area contributed by atoms with Gasteiger partial charge in [-0.3, -0.25) is 9.59 Å². The van der Waals surface area contributed by atoms with Gasteiger partial charge in [-0.25, -0.2) is 0 Å². The summed E-state index contributed by atoms with van der Waals surface area (Å²) in [6, 6.07) is 6.56. The fourth-order valence-corrected chi connectivity index (χ4v) is 1.46. The number of anilines is 1. The van der Waals surface area contributed by atoms with Crippen LogP contribution < -0.4 is 11.1 Å². The van der Waals surface area contributed by atoms with Crippen LogP contribution in [0.4, 0.5) is 5.69 Å². The van der Waals surface area contributed by atoms with Crippen LogP contribution in [0.1, 0.15) is 18.9 Å². The van der Waals surface area contributed by atoms with Crippen LogP contribution in [0, 0.1) is 0 Å². The third-order valence-electron chi connectivity index (χ3n) is 2.52. The highest BCUT2D eigenvalue weighted by Crippen LogP contribution is 2.11. The zero-order valence-corrected chi connectivity index (χ0v) is 10.6. The number of hydrogen-bond donors (Lipinski definition) is 2. The molecule has 0 spiro atoms. The lowest BCUT2D eigenvalue weighted by Crippen LogP contribution is -2.33. The molecule has 1 rings (SSSR count). The maximum atomic E-state index is 11.2. The molecule has 0 radical (unpaired) electrons. The average molecular weight is 250 g/mol. The van der Waals surface area contributed by atoms with Crippen LogP contribution in [0.5, 0.6) is 0 Å². The van der Waals surface area contributed by atoms with Gasteiger partial charge in [-0.2, -0.15) is 0 Å². The standard InChI is InChI=1S/C13H18N2O3/c1-3-12(16)15-10-6-4-9(5-7-10)8-11(14)13(17)18-2/h4-7,11H,3,8,14H2,1-2H3,(H,15,16)/t11-/m0/s1. The summed E-state index contributed by atoms with van der Waals surface area (Å²) in [4.78, 5) is 22.3. The molecule has 0 unspecified atom stereocenters. The summed E-state index contributed by atoms with van der Waals surface area (Å²) in [6.45, 7) is 1.79. The summed E-state index contributed by atoms with van der Waals surface area (Å²) in [5.74, 6) is -0.465. The van der Waals surface area contributed by atoms with E-state index < -0.39 is 12.0 Å². The van der Waals surface area contributed by atoms with Gasteiger partial charge in [0.2, 0.25) is 5.91 Å². The minimum atomic E-state index is -0.661. The number of ether oxygens (including phenoxy) is 1. The van der Waals surface area contributed by atoms with Crippen molar-refractivity contribution < 1.29 is 14.3 Å². The molecule has 0 heterocycles. The van der Waals surface area contributed by atoms with Crippen LogP contribution in [0.3, 0.4) is 0 Å². The second kappa shape index (κ2) is 6.76. The second-order valence-electron chi connectivity index (χ2n) is 3.93. The van der Waals surface area contributed by atoms with Crippen LogP contribution >= 0.6 is 0 Å². The first-order valence-electron chi connectivity index (χ1n) is 5.79. The molecule has 1 aromatic carbocycles. The van der Waals surface area contributed by atoms with E-state index in [1.165, 1.54) is 7.11 Å². The number of esters is 1. The lowest BCUT2D eigenvalue weighted by molar-refractivity contribution is -0.142. The third kappa shape index (κ3) is 4.18. The van der Waals surface area contributed by atoms with Crippen molar-refractivity contribution in [3.63, 3.8) is 0 Å². The topological polar surface area (TPSA) is 81.4 Å². The number of nitrogens with two attached hydrogens (primary N) is 1. The van der Waals surface area contributed by atoms with Gasteiger partial charge in [-0.1, -0.05) is 19.1 Å². The van der Waals surface area contributed by atoms with E-state index >= 15 is 0 Å². The van der Waals surface area contributed by atoms with Crippen LogP contribution in [0.2, 0.25) is 0 Å². The molecule has 0 aliphatic rings. The molecule has 0 fully saturated rings. The molecule has 1 aromatic rings. The predicted octanol–water partition coefficient (Wildman–Crippen LogP) is 1.08. The monoisotopic (exact) mass is 250 g/mol. The first kappa shape index (κ1) is 14.2. The van der Waals surface area contributed by atoms with Gasteiger partial charge >= 0.3 is 5.97 Å². The fraction of sp³-hybridized carbons (Fsp3) is 0.385. The van der Waals surface area contributed by atoms with Crippen molar-refractivity contribution in [2.75, 3.05) is 12.4 Å². The Morgan fingerprint density at radius 2 is 1.94 bits per heavy atom. The van der Waals surface area contributed by atoms with E-state index in [0.717, 1.165) is 11.3 Å². The quantitative estimate of drug-likeness (QED) is 0.766. The number of amides is 1. The Labute approximate surface area is 106 Å². The molecule has 0 bridgehead atoms. The maximum Gasteiger partial charge on any atom is 0.322 e. The number of methoxy groups -OCH3 is 1. The van der Waals surface area contributed by atoms with Crippen LogP contribution in [-0.4, -0.2) is 25.0 Å². The lowest BCUT2D eigenvalue weighted by atomic mass is 10.1. The zero-order chi connectivity index (χ0) is 13.5. The van der Waals surface area contributed by atoms with Crippen molar-refractivity contribution in [3.05, 3.63) is 29.8 Å². The van der Waals surface area contributed by atoms with Crippen molar-refractivity contribution in [2.45, 2.75) is 25.8 Å². The Bertz CT molecular complexity index is 415. The molecule has 0 saturated carbocycles. The molecule has 5 heteroatoms. The van der Waals surface area contributed by atoms with Crippen molar-refractivity contribution in [1.29, 1.82) is 0 Å². The number of nitrogens with one attached hydrogen (secondary N) is 1. The van der Waals surface area contributed by atoms with Crippen molar-refractivity contribution in [3.8, 4) is 0 Å². The van der Waals surface area contributed by atoms with E-state index in [0.29, 0.717) is 12.8 Å². The molecule has 0 aliphatic heterocycles. The average Bonchev–Trinajstić information content (AvgIpc) is 2.39. The smallest absolute Gasteiger partial charge is 0.322 e. The van der Waals surface area contributed by atoms with E-state index in [9.17, 15) is 9.59 Å². The molecule has 0 saturated heterocycles. The lowest BCUT2D eigenvalue weighted by Gasteiger charge is -2.10. The predicted molar refractivity (Wildman–Crippen MR) is 69.1 cm³/mol. The first-order chi connectivity index (χ1) is 8.56. The van der Waals surface area contributed by atoms with Crippen molar-refractivity contribution >= 4 is 17.6 Å². The highest BCUT2D eigenvalue weighted by atomic mass is 16.5. The van der Waals surface area contributed by atoms with E-state index in [4.69, 9.17) is 5.73 Å². The Balaban J connectivity index is 2.60. The summed E-state index contributed by atoms with van der Waals surface area (Å²) in [6.07, 6.45) is 0.851. The molecule has 0 aliphatic carbocycles. The number of carbonyl (C=O) groups is 2. The van der Waals surface area contributed by atoms with Crippen LogP contribution in [0.15, 0.2) is 24.3 Å². The van der Waals surface area contributed by atoms with Gasteiger partial charge < -0.3 is 15.8 Å². The van der Waals surface area contributed by atoms with E-state index in [-0.39, 0.29) is 5.91 Å². The third-order valence-corrected chi connectivity index (χ3v) is 2.52. The minimum Gasteiger partial charge on any atom is -0.468 e. The number of rotatable bonds is 5. The van der Waals surface area contributed by atoms with Crippen LogP contribution in [-0.2, 0) is 20.7 Å². The first-order valence-corrected chi connectivity index (χ1v) is 5.79. The molecule has 3 N–H and O–H groups in total. The van der Waals surface area contributed by atoms with Gasteiger partial charge in [-0.05, 0) is 24.1 Å². The summed E-state index contributed by atoms with van der Waals surface area (Å²) in [7, 11) is 1.31. The normalized spacial score (nSPS) is 11.7. The minimum absolute atomic E-state index is 0.0333. The van der Waals surface area contributed by atoms with Crippen LogP contribution in [0.25, 0.3) is 0 Å². The SMILES string of the molecule is CCC(=O)Nc1ccc(C[C@H](N)C(=O)OC)cc1. The molecule has 0 aromatic heterocycles. The fourth-order valence-electron chi connectivity index (χ4n) is 1.46. The molecule has 1 amide bonds. The summed E-state index contributed by atoms with van der Waals surface area (Å²) in [5, 5.41) is 2.74. The van der Waals surface area contributed by atoms with Gasteiger partial charge in [0.15, 0.2) is 0 Å². The van der Waals surface area contributed by atoms with Gasteiger partial charge in [0.05, 0.1) is 7.11 Å². The largest absolute Gasteiger partial charge is 0.468 e. The molecule has 5 nitrogen and oxygen atoms in total. The van der Waals surface area contributed by atoms with E-state index in [1.54, 1.807) is 19.1 Å². The Morgan fingerprint density at radius 1 is 1.33 bits per heavy atom. The summed E-state index contributed by atoms with van der Waals surface area (Å²) in [5.41, 5.74) is 7.31. The summed E-state index contributed by atoms with van der Waals surface area (Å²) < 4.78 is 4.55. The Hall–Kier alpha value is -1.88. The van der Waals surface area contributed by atoms with Crippen molar-refractivity contribution in [1.82, 2.24) is 0 Å². The number of hydrogen-bond acceptors (Lipinski definition) is 4. The molecule has 18 heavy (non-hydrogen) atoms. The van der Waals surface area contributed by atoms with Crippen molar-refractivity contribution in [2.24, 2.45) is 5.73 Å². The van der Waals surface area contributed by atoms with Gasteiger partial charge in [0, 0.05) is 12.1 Å². The number of carbonyl (C=O) groups excluding carboxylic acids is 2. The van der Waals surface area contributed by atoms with E-state index in [1.807, 2.05) is 12.1 Å². The maximum absolute atomic E-state index is 11.2. The summed E-state index contributed by atoms with van der Waals surface area (Å²) >= 11 is 0. The highest BCUT2D eigenvalue weighted by molar-refractivity contribution is 5.90. The number of benzene rings is 1. The second-order valence-corrected chi connectivity index (χ2v) is 3.93. The van der Waals surface area contributed by atoms with Gasteiger partial charge in [0.1, 0.15) is 6.04 Å². The molecular formula is C13H18N2O3. The molecule has 1 atom stereocenters. The highest BCUT2D eigenvalue weighted by Gasteiger charge is 2.13. The molecule has 98 valence electrons.